The number of benzene rings is 1. The summed E-state index contributed by atoms with van der Waals surface area (Å²) in [6, 6.07) is 4.05. The lowest BCUT2D eigenvalue weighted by Crippen LogP contribution is -2.17. The van der Waals surface area contributed by atoms with Crippen molar-refractivity contribution in [3.05, 3.63) is 33.8 Å². The average Bonchev–Trinajstić information content (AvgIpc) is 2.66. The molecule has 0 fully saturated rings. The van der Waals surface area contributed by atoms with Gasteiger partial charge in [-0.05, 0) is 61.9 Å². The molecule has 0 aliphatic carbocycles. The molecule has 0 bridgehead atoms. The monoisotopic (exact) mass is 443 g/mol. The van der Waals surface area contributed by atoms with E-state index in [9.17, 15) is 0 Å². The zero-order valence-electron chi connectivity index (χ0n) is 18.6. The number of hydrogen-bond donors (Lipinski definition) is 0. The van der Waals surface area contributed by atoms with Gasteiger partial charge in [0.05, 0.1) is 12.3 Å². The van der Waals surface area contributed by atoms with Crippen molar-refractivity contribution in [2.75, 3.05) is 19.8 Å². The van der Waals surface area contributed by atoms with Crippen LogP contribution < -0.4 is 9.47 Å². The fraction of sp³-hybridized carbons (Fsp3) is 0.609. The fourth-order valence-electron chi connectivity index (χ4n) is 2.44. The molecule has 0 heterocycles. The fourth-order valence-corrected chi connectivity index (χ4v) is 2.57. The van der Waals surface area contributed by atoms with Crippen LogP contribution in [0.2, 0.25) is 0 Å². The number of aryl methyl sites for hydroxylation is 2. The maximum atomic E-state index is 6.13. The first-order valence-corrected chi connectivity index (χ1v) is 11.0. The van der Waals surface area contributed by atoms with Gasteiger partial charge < -0.3 is 14.3 Å². The molecule has 0 unspecified atom stereocenters. The van der Waals surface area contributed by atoms with Gasteiger partial charge >= 0.3 is 0 Å². The Kier molecular flexibility index (Phi) is 11.5. The van der Waals surface area contributed by atoms with Gasteiger partial charge in [-0.3, -0.25) is 0 Å². The number of oxime groups is 1. The lowest BCUT2D eigenvalue weighted by Gasteiger charge is -2.17. The largest absolute Gasteiger partial charge is 0.493 e. The van der Waals surface area contributed by atoms with E-state index < -0.39 is 0 Å². The molecular weight excluding hydrogens is 409 g/mol. The minimum Gasteiger partial charge on any atom is -0.493 e. The van der Waals surface area contributed by atoms with Crippen molar-refractivity contribution in [3.8, 4) is 11.5 Å². The van der Waals surface area contributed by atoms with Crippen LogP contribution in [0.25, 0.3) is 0 Å². The zero-order valence-corrected chi connectivity index (χ0v) is 20.1. The molecule has 0 saturated heterocycles. The van der Waals surface area contributed by atoms with E-state index in [4.69, 9.17) is 37.5 Å². The number of ether oxygens (including phenoxy) is 2. The van der Waals surface area contributed by atoms with E-state index in [1.165, 1.54) is 0 Å². The van der Waals surface area contributed by atoms with Crippen molar-refractivity contribution in [2.45, 2.75) is 67.2 Å². The third-order valence-electron chi connectivity index (χ3n) is 4.63. The third-order valence-corrected chi connectivity index (χ3v) is 4.94. The summed E-state index contributed by atoms with van der Waals surface area (Å²) >= 11 is 11.3. The van der Waals surface area contributed by atoms with Crippen molar-refractivity contribution in [1.29, 1.82) is 0 Å². The van der Waals surface area contributed by atoms with Crippen molar-refractivity contribution >= 4 is 28.9 Å². The standard InChI is InChI=1S/C23H35Cl2NO3/c1-7-18-15-20(27-14-11-21(24)25)16-19(8-2)22(18)28-12-9-10-13-29-26-17(3)23(4,5)6/h11,15-16H,7-10,12-14H2,1-6H3. The molecule has 0 amide bonds. The predicted octanol–water partition coefficient (Wildman–Crippen LogP) is 7.11. The van der Waals surface area contributed by atoms with Gasteiger partial charge in [0.25, 0.3) is 0 Å². The van der Waals surface area contributed by atoms with Gasteiger partial charge in [-0.25, -0.2) is 0 Å². The Balaban J connectivity index is 2.57. The van der Waals surface area contributed by atoms with E-state index in [0.29, 0.717) is 19.8 Å². The maximum Gasteiger partial charge on any atom is 0.125 e. The lowest BCUT2D eigenvalue weighted by atomic mass is 9.91. The van der Waals surface area contributed by atoms with E-state index in [1.54, 1.807) is 6.08 Å². The highest BCUT2D eigenvalue weighted by atomic mass is 35.5. The number of rotatable bonds is 12. The second kappa shape index (κ2) is 13.0. The second-order valence-corrected chi connectivity index (χ2v) is 8.91. The van der Waals surface area contributed by atoms with E-state index in [2.05, 4.69) is 39.8 Å². The number of halogens is 2. The van der Waals surface area contributed by atoms with Crippen LogP contribution in [-0.2, 0) is 17.7 Å². The molecular formula is C23H35Cl2NO3. The quantitative estimate of drug-likeness (QED) is 0.196. The lowest BCUT2D eigenvalue weighted by molar-refractivity contribution is 0.132. The second-order valence-electron chi connectivity index (χ2n) is 7.90. The number of nitrogens with zero attached hydrogens (tertiary/aromatic N) is 1. The molecule has 0 aliphatic heterocycles. The van der Waals surface area contributed by atoms with Gasteiger partial charge in [0.2, 0.25) is 0 Å². The summed E-state index contributed by atoms with van der Waals surface area (Å²) in [6.07, 6.45) is 5.18. The van der Waals surface area contributed by atoms with Crippen LogP contribution in [0.5, 0.6) is 11.5 Å². The van der Waals surface area contributed by atoms with E-state index in [1.807, 2.05) is 19.1 Å². The predicted molar refractivity (Wildman–Crippen MR) is 124 cm³/mol. The molecule has 29 heavy (non-hydrogen) atoms. The Morgan fingerprint density at radius 2 is 1.59 bits per heavy atom. The topological polar surface area (TPSA) is 40.0 Å². The molecule has 0 aromatic heterocycles. The van der Waals surface area contributed by atoms with Crippen molar-refractivity contribution < 1.29 is 14.3 Å². The third kappa shape index (κ3) is 9.77. The molecule has 0 spiro atoms. The van der Waals surface area contributed by atoms with Crippen LogP contribution in [0.1, 0.15) is 65.5 Å². The Morgan fingerprint density at radius 1 is 1.00 bits per heavy atom. The molecule has 4 nitrogen and oxygen atoms in total. The normalized spacial score (nSPS) is 11.9. The first-order valence-electron chi connectivity index (χ1n) is 10.3. The highest BCUT2D eigenvalue weighted by molar-refractivity contribution is 6.55. The first-order chi connectivity index (χ1) is 13.7. The smallest absolute Gasteiger partial charge is 0.125 e. The van der Waals surface area contributed by atoms with Gasteiger partial charge in [-0.15, -0.1) is 0 Å². The van der Waals surface area contributed by atoms with Gasteiger partial charge in [-0.2, -0.15) is 0 Å². The van der Waals surface area contributed by atoms with Gasteiger partial charge in [0.15, 0.2) is 0 Å². The number of unbranched alkanes of at least 4 members (excludes halogenated alkanes) is 1. The highest BCUT2D eigenvalue weighted by Crippen LogP contribution is 2.31. The van der Waals surface area contributed by atoms with E-state index in [0.717, 1.165) is 54.0 Å². The first kappa shape index (κ1) is 25.6. The minimum atomic E-state index is 0.0403. The molecule has 0 saturated carbocycles. The molecule has 1 aromatic rings. The minimum absolute atomic E-state index is 0.0403. The maximum absolute atomic E-state index is 6.13. The Bertz CT molecular complexity index is 665. The van der Waals surface area contributed by atoms with Crippen LogP contribution >= 0.6 is 23.2 Å². The Morgan fingerprint density at radius 3 is 2.10 bits per heavy atom. The van der Waals surface area contributed by atoms with Crippen molar-refractivity contribution in [1.82, 2.24) is 0 Å². The summed E-state index contributed by atoms with van der Waals surface area (Å²) in [5.41, 5.74) is 3.32. The van der Waals surface area contributed by atoms with Crippen LogP contribution in [0, 0.1) is 5.41 Å². The van der Waals surface area contributed by atoms with Crippen molar-refractivity contribution in [2.24, 2.45) is 10.6 Å². The molecule has 6 heteroatoms. The SMILES string of the molecule is CCc1cc(OCC=C(Cl)Cl)cc(CC)c1OCCCCON=C(C)C(C)(C)C. The summed E-state index contributed by atoms with van der Waals surface area (Å²) < 4.78 is 12.1. The van der Waals surface area contributed by atoms with Gasteiger partial charge in [0.1, 0.15) is 29.2 Å². The summed E-state index contributed by atoms with van der Waals surface area (Å²) in [6.45, 7) is 14.2. The zero-order chi connectivity index (χ0) is 21.9. The van der Waals surface area contributed by atoms with Crippen LogP contribution in [-0.4, -0.2) is 25.5 Å². The summed E-state index contributed by atoms with van der Waals surface area (Å²) in [5.74, 6) is 1.77. The highest BCUT2D eigenvalue weighted by Gasteiger charge is 2.14. The van der Waals surface area contributed by atoms with Gasteiger partial charge in [-0.1, -0.05) is 63.0 Å². The average molecular weight is 444 g/mol. The molecule has 1 aromatic carbocycles. The Labute approximate surface area is 186 Å². The van der Waals surface area contributed by atoms with E-state index in [-0.39, 0.29) is 9.91 Å². The molecule has 0 atom stereocenters. The summed E-state index contributed by atoms with van der Waals surface area (Å²) in [5, 5.41) is 4.19. The van der Waals surface area contributed by atoms with Crippen molar-refractivity contribution in [3.63, 3.8) is 0 Å². The molecule has 0 radical (unpaired) electrons. The van der Waals surface area contributed by atoms with Crippen LogP contribution in [0.15, 0.2) is 27.9 Å². The van der Waals surface area contributed by atoms with Gasteiger partial charge in [0, 0.05) is 5.41 Å². The van der Waals surface area contributed by atoms with Crippen LogP contribution in [0.3, 0.4) is 0 Å². The van der Waals surface area contributed by atoms with E-state index >= 15 is 0 Å². The number of hydrogen-bond acceptors (Lipinski definition) is 4. The molecule has 1 rings (SSSR count). The molecule has 0 aliphatic rings. The molecule has 164 valence electrons. The summed E-state index contributed by atoms with van der Waals surface area (Å²) in [7, 11) is 0. The summed E-state index contributed by atoms with van der Waals surface area (Å²) in [4.78, 5) is 5.43. The molecule has 0 N–H and O–H groups in total. The van der Waals surface area contributed by atoms with Crippen LogP contribution in [0.4, 0.5) is 0 Å². The Hall–Kier alpha value is -1.39.